The molecule has 21 heavy (non-hydrogen) atoms. The normalized spacial score (nSPS) is 10.6. The summed E-state index contributed by atoms with van der Waals surface area (Å²) in [6, 6.07) is 9.50. The summed E-state index contributed by atoms with van der Waals surface area (Å²) in [4.78, 5) is 10.3. The molecule has 0 unspecified atom stereocenters. The first-order chi connectivity index (χ1) is 9.97. The summed E-state index contributed by atoms with van der Waals surface area (Å²) in [5, 5.41) is 22.9. The second-order valence-corrected chi connectivity index (χ2v) is 4.36. The number of aromatic hydroxyl groups is 1. The Labute approximate surface area is 119 Å². The molecule has 2 N–H and O–H groups in total. The molecular formula is C14H12F2N2O3. The zero-order valence-corrected chi connectivity index (χ0v) is 10.8. The van der Waals surface area contributed by atoms with Gasteiger partial charge in [0.25, 0.3) is 12.1 Å². The second kappa shape index (κ2) is 6.17. The van der Waals surface area contributed by atoms with Gasteiger partial charge in [0, 0.05) is 12.1 Å². The molecule has 7 heteroatoms. The lowest BCUT2D eigenvalue weighted by molar-refractivity contribution is -0.384. The summed E-state index contributed by atoms with van der Waals surface area (Å²) >= 11 is 0. The molecule has 0 bridgehead atoms. The fraction of sp³-hybridized carbons (Fsp3) is 0.143. The van der Waals surface area contributed by atoms with Crippen LogP contribution in [0.5, 0.6) is 5.75 Å². The van der Waals surface area contributed by atoms with Crippen molar-refractivity contribution in [3.05, 3.63) is 63.7 Å². The molecule has 0 saturated carbocycles. The highest BCUT2D eigenvalue weighted by Crippen LogP contribution is 2.29. The number of rotatable bonds is 5. The van der Waals surface area contributed by atoms with Gasteiger partial charge in [-0.3, -0.25) is 10.1 Å². The molecule has 0 aliphatic rings. The van der Waals surface area contributed by atoms with Gasteiger partial charge in [0.2, 0.25) is 0 Å². The van der Waals surface area contributed by atoms with Crippen LogP contribution in [0.2, 0.25) is 0 Å². The Morgan fingerprint density at radius 3 is 2.67 bits per heavy atom. The maximum Gasteiger partial charge on any atom is 0.296 e. The number of phenolic OH excluding ortho intramolecular Hbond substituents is 1. The van der Waals surface area contributed by atoms with Crippen LogP contribution in [-0.4, -0.2) is 10.0 Å². The zero-order chi connectivity index (χ0) is 15.4. The number of hydrogen-bond donors (Lipinski definition) is 2. The lowest BCUT2D eigenvalue weighted by atomic mass is 10.1. The Morgan fingerprint density at radius 2 is 2.00 bits per heavy atom. The second-order valence-electron chi connectivity index (χ2n) is 4.36. The van der Waals surface area contributed by atoms with Crippen LogP contribution in [0.3, 0.4) is 0 Å². The van der Waals surface area contributed by atoms with Crippen molar-refractivity contribution in [1.82, 2.24) is 0 Å². The highest BCUT2D eigenvalue weighted by atomic mass is 19.3. The topological polar surface area (TPSA) is 75.4 Å². The monoisotopic (exact) mass is 294 g/mol. The Hall–Kier alpha value is -2.70. The highest BCUT2D eigenvalue weighted by Gasteiger charge is 2.14. The van der Waals surface area contributed by atoms with E-state index in [1.54, 1.807) is 6.07 Å². The summed E-state index contributed by atoms with van der Waals surface area (Å²) in [5.74, 6) is -0.216. The standard InChI is InChI=1S/C14H12F2N2O3/c15-14(16)10-3-1-2-9(6-10)8-17-12-5-4-11(19)7-13(12)18(20)21/h1-7,14,17,19H,8H2. The van der Waals surface area contributed by atoms with Crippen molar-refractivity contribution in [2.24, 2.45) is 0 Å². The van der Waals surface area contributed by atoms with Crippen LogP contribution in [0.15, 0.2) is 42.5 Å². The van der Waals surface area contributed by atoms with Gasteiger partial charge in [-0.2, -0.15) is 0 Å². The van der Waals surface area contributed by atoms with Crippen molar-refractivity contribution in [2.75, 3.05) is 5.32 Å². The SMILES string of the molecule is O=[N+]([O-])c1cc(O)ccc1NCc1cccc(C(F)F)c1. The molecule has 0 fully saturated rings. The Bertz CT molecular complexity index is 662. The van der Waals surface area contributed by atoms with Gasteiger partial charge in [0.15, 0.2) is 0 Å². The molecule has 0 amide bonds. The number of benzene rings is 2. The maximum atomic E-state index is 12.6. The van der Waals surface area contributed by atoms with Crippen molar-refractivity contribution in [1.29, 1.82) is 0 Å². The maximum absolute atomic E-state index is 12.6. The van der Waals surface area contributed by atoms with Crippen LogP contribution in [0.1, 0.15) is 17.6 Å². The minimum Gasteiger partial charge on any atom is -0.508 e. The minimum absolute atomic E-state index is 0.102. The van der Waals surface area contributed by atoms with E-state index in [9.17, 15) is 24.0 Å². The Balaban J connectivity index is 2.17. The van der Waals surface area contributed by atoms with Crippen LogP contribution >= 0.6 is 0 Å². The quantitative estimate of drug-likeness (QED) is 0.499. The van der Waals surface area contributed by atoms with Crippen molar-refractivity contribution in [3.8, 4) is 5.75 Å². The first-order valence-electron chi connectivity index (χ1n) is 6.05. The fourth-order valence-electron chi connectivity index (χ4n) is 1.86. The number of nitrogens with zero attached hydrogens (tertiary/aromatic N) is 1. The van der Waals surface area contributed by atoms with Crippen LogP contribution < -0.4 is 5.32 Å². The molecule has 0 aliphatic carbocycles. The number of nitrogens with one attached hydrogen (secondary N) is 1. The van der Waals surface area contributed by atoms with E-state index in [1.165, 1.54) is 30.3 Å². The summed E-state index contributed by atoms with van der Waals surface area (Å²) in [6.45, 7) is 0.159. The average Bonchev–Trinajstić information content (AvgIpc) is 2.46. The molecule has 0 aliphatic heterocycles. The molecule has 0 radical (unpaired) electrons. The van der Waals surface area contributed by atoms with E-state index < -0.39 is 11.3 Å². The van der Waals surface area contributed by atoms with Crippen molar-refractivity contribution in [3.63, 3.8) is 0 Å². The van der Waals surface area contributed by atoms with Crippen LogP contribution in [0.4, 0.5) is 20.2 Å². The molecular weight excluding hydrogens is 282 g/mol. The lowest BCUT2D eigenvalue weighted by Crippen LogP contribution is -2.03. The number of hydrogen-bond acceptors (Lipinski definition) is 4. The minimum atomic E-state index is -2.56. The van der Waals surface area contributed by atoms with E-state index in [0.29, 0.717) is 5.56 Å². The molecule has 0 saturated heterocycles. The van der Waals surface area contributed by atoms with Gasteiger partial charge in [-0.15, -0.1) is 0 Å². The van der Waals surface area contributed by atoms with Crippen molar-refractivity contribution in [2.45, 2.75) is 13.0 Å². The van der Waals surface area contributed by atoms with E-state index in [4.69, 9.17) is 0 Å². The van der Waals surface area contributed by atoms with Gasteiger partial charge in [0.1, 0.15) is 11.4 Å². The predicted molar refractivity (Wildman–Crippen MR) is 73.5 cm³/mol. The molecule has 2 aromatic carbocycles. The van der Waals surface area contributed by atoms with Gasteiger partial charge < -0.3 is 10.4 Å². The van der Waals surface area contributed by atoms with Gasteiger partial charge >= 0.3 is 0 Å². The lowest BCUT2D eigenvalue weighted by Gasteiger charge is -2.09. The third-order valence-corrected chi connectivity index (χ3v) is 2.86. The predicted octanol–water partition coefficient (Wildman–Crippen LogP) is 3.85. The summed E-state index contributed by atoms with van der Waals surface area (Å²) in [5.41, 5.74) is 0.407. The number of anilines is 1. The van der Waals surface area contributed by atoms with E-state index in [1.807, 2.05) is 0 Å². The number of halogens is 2. The third kappa shape index (κ3) is 3.65. The fourth-order valence-corrected chi connectivity index (χ4v) is 1.86. The average molecular weight is 294 g/mol. The van der Waals surface area contributed by atoms with Crippen molar-refractivity contribution < 1.29 is 18.8 Å². The van der Waals surface area contributed by atoms with E-state index >= 15 is 0 Å². The number of phenols is 1. The highest BCUT2D eigenvalue weighted by molar-refractivity contribution is 5.63. The molecule has 0 aromatic heterocycles. The Kier molecular flexibility index (Phi) is 4.32. The molecule has 2 aromatic rings. The molecule has 110 valence electrons. The van der Waals surface area contributed by atoms with E-state index in [-0.39, 0.29) is 29.2 Å². The van der Waals surface area contributed by atoms with Crippen molar-refractivity contribution >= 4 is 11.4 Å². The first kappa shape index (κ1) is 14.7. The Morgan fingerprint density at radius 1 is 1.24 bits per heavy atom. The number of alkyl halides is 2. The smallest absolute Gasteiger partial charge is 0.296 e. The molecule has 5 nitrogen and oxygen atoms in total. The molecule has 0 atom stereocenters. The summed E-state index contributed by atoms with van der Waals surface area (Å²) < 4.78 is 25.2. The third-order valence-electron chi connectivity index (χ3n) is 2.86. The largest absolute Gasteiger partial charge is 0.508 e. The van der Waals surface area contributed by atoms with Gasteiger partial charge in [-0.05, 0) is 23.8 Å². The van der Waals surface area contributed by atoms with Gasteiger partial charge in [-0.1, -0.05) is 18.2 Å². The summed E-state index contributed by atoms with van der Waals surface area (Å²) in [6.07, 6.45) is -2.56. The summed E-state index contributed by atoms with van der Waals surface area (Å²) in [7, 11) is 0. The van der Waals surface area contributed by atoms with Gasteiger partial charge in [0.05, 0.1) is 11.0 Å². The van der Waals surface area contributed by atoms with Crippen LogP contribution in [0, 0.1) is 10.1 Å². The molecule has 0 heterocycles. The molecule has 0 spiro atoms. The van der Waals surface area contributed by atoms with Gasteiger partial charge in [-0.25, -0.2) is 8.78 Å². The first-order valence-corrected chi connectivity index (χ1v) is 6.05. The zero-order valence-electron chi connectivity index (χ0n) is 10.8. The number of nitro benzene ring substituents is 1. The molecule has 2 rings (SSSR count). The van der Waals surface area contributed by atoms with Crippen LogP contribution in [-0.2, 0) is 6.54 Å². The van der Waals surface area contributed by atoms with Crippen LogP contribution in [0.25, 0.3) is 0 Å². The van der Waals surface area contributed by atoms with E-state index in [2.05, 4.69) is 5.32 Å². The number of nitro groups is 1. The van der Waals surface area contributed by atoms with E-state index in [0.717, 1.165) is 6.07 Å².